The van der Waals surface area contributed by atoms with Crippen LogP contribution in [0.1, 0.15) is 25.8 Å². The Kier molecular flexibility index (Phi) is 7.44. The Balaban J connectivity index is 2.85. The summed E-state index contributed by atoms with van der Waals surface area (Å²) in [5.74, 6) is 0.784. The molecule has 1 rings (SSSR count). The smallest absolute Gasteiger partial charge is 0.148 e. The van der Waals surface area contributed by atoms with Gasteiger partial charge in [-0.05, 0) is 74.9 Å². The van der Waals surface area contributed by atoms with Gasteiger partial charge in [0.05, 0.1) is 8.95 Å². The normalized spacial score (nSPS) is 13.5. The van der Waals surface area contributed by atoms with E-state index in [1.165, 1.54) is 11.1 Å². The van der Waals surface area contributed by atoms with Gasteiger partial charge in [-0.1, -0.05) is 18.5 Å². The standard InChI is InChI=1S/C14H18Br2ClNO/c1-3-11(18)4-10-5-12(15)14(13(16)6-10)19-8-9(2)7-17/h5-7,11H,3-4,8,18H2,1-2H3/b9-7+. The van der Waals surface area contributed by atoms with Crippen molar-refractivity contribution >= 4 is 43.5 Å². The summed E-state index contributed by atoms with van der Waals surface area (Å²) in [6.45, 7) is 4.48. The van der Waals surface area contributed by atoms with Crippen LogP contribution in [0.25, 0.3) is 0 Å². The summed E-state index contributed by atoms with van der Waals surface area (Å²) in [4.78, 5) is 0. The number of nitrogens with two attached hydrogens (primary N) is 1. The summed E-state index contributed by atoms with van der Waals surface area (Å²) < 4.78 is 7.57. The third-order valence-corrected chi connectivity index (χ3v) is 4.26. The average Bonchev–Trinajstić information content (AvgIpc) is 2.37. The quantitative estimate of drug-likeness (QED) is 0.714. The van der Waals surface area contributed by atoms with Gasteiger partial charge in [0.1, 0.15) is 12.4 Å². The highest BCUT2D eigenvalue weighted by Crippen LogP contribution is 2.35. The molecule has 0 aliphatic rings. The molecule has 1 atom stereocenters. The SMILES string of the molecule is CCC(N)Cc1cc(Br)c(OC/C(C)=C/Cl)c(Br)c1. The maximum Gasteiger partial charge on any atom is 0.148 e. The number of ether oxygens (including phenoxy) is 1. The molecule has 0 aromatic heterocycles. The topological polar surface area (TPSA) is 35.2 Å². The van der Waals surface area contributed by atoms with Crippen LogP contribution in [0.2, 0.25) is 0 Å². The maximum absolute atomic E-state index is 5.98. The molecule has 2 nitrogen and oxygen atoms in total. The van der Waals surface area contributed by atoms with Crippen LogP contribution >= 0.6 is 43.5 Å². The Morgan fingerprint density at radius 1 is 1.42 bits per heavy atom. The van der Waals surface area contributed by atoms with Gasteiger partial charge in [0.15, 0.2) is 0 Å². The van der Waals surface area contributed by atoms with Crippen molar-refractivity contribution in [2.24, 2.45) is 5.73 Å². The van der Waals surface area contributed by atoms with E-state index in [1.54, 1.807) is 0 Å². The molecule has 0 saturated heterocycles. The average molecular weight is 412 g/mol. The third kappa shape index (κ3) is 5.46. The van der Waals surface area contributed by atoms with Crippen LogP contribution < -0.4 is 10.5 Å². The number of halogens is 3. The minimum absolute atomic E-state index is 0.187. The molecule has 0 bridgehead atoms. The van der Waals surface area contributed by atoms with Crippen molar-refractivity contribution in [2.75, 3.05) is 6.61 Å². The van der Waals surface area contributed by atoms with Gasteiger partial charge in [-0.15, -0.1) is 0 Å². The number of rotatable bonds is 6. The van der Waals surface area contributed by atoms with E-state index < -0.39 is 0 Å². The molecule has 1 aromatic rings. The van der Waals surface area contributed by atoms with Gasteiger partial charge in [0, 0.05) is 11.6 Å². The van der Waals surface area contributed by atoms with Crippen molar-refractivity contribution < 1.29 is 4.74 Å². The largest absolute Gasteiger partial charge is 0.487 e. The van der Waals surface area contributed by atoms with Crippen LogP contribution in [0.15, 0.2) is 32.2 Å². The second kappa shape index (κ2) is 8.30. The van der Waals surface area contributed by atoms with Crippen molar-refractivity contribution in [1.82, 2.24) is 0 Å². The first-order chi connectivity index (χ1) is 8.97. The van der Waals surface area contributed by atoms with Crippen LogP contribution in [0, 0.1) is 0 Å². The molecule has 2 N–H and O–H groups in total. The fourth-order valence-corrected chi connectivity index (χ4v) is 3.11. The first-order valence-corrected chi connectivity index (χ1v) is 8.12. The summed E-state index contributed by atoms with van der Waals surface area (Å²) in [5, 5.41) is 0. The van der Waals surface area contributed by atoms with Crippen LogP contribution in [0.4, 0.5) is 0 Å². The zero-order chi connectivity index (χ0) is 14.4. The molecular weight excluding hydrogens is 393 g/mol. The third-order valence-electron chi connectivity index (χ3n) is 2.71. The van der Waals surface area contributed by atoms with E-state index >= 15 is 0 Å². The van der Waals surface area contributed by atoms with Crippen molar-refractivity contribution in [2.45, 2.75) is 32.7 Å². The lowest BCUT2D eigenvalue weighted by Crippen LogP contribution is -2.21. The van der Waals surface area contributed by atoms with Crippen molar-refractivity contribution in [3.63, 3.8) is 0 Å². The summed E-state index contributed by atoms with van der Waals surface area (Å²) in [6, 6.07) is 4.29. The Morgan fingerprint density at radius 3 is 2.47 bits per heavy atom. The van der Waals surface area contributed by atoms with Crippen molar-refractivity contribution in [1.29, 1.82) is 0 Å². The summed E-state index contributed by atoms with van der Waals surface area (Å²) >= 11 is 12.7. The molecule has 1 unspecified atom stereocenters. The molecule has 5 heteroatoms. The maximum atomic E-state index is 5.98. The number of hydrogen-bond donors (Lipinski definition) is 1. The zero-order valence-corrected chi connectivity index (χ0v) is 15.0. The Morgan fingerprint density at radius 2 is 2.00 bits per heavy atom. The van der Waals surface area contributed by atoms with Crippen molar-refractivity contribution in [3.8, 4) is 5.75 Å². The van der Waals surface area contributed by atoms with Gasteiger partial charge < -0.3 is 10.5 Å². The molecule has 0 amide bonds. The molecule has 0 radical (unpaired) electrons. The second-order valence-electron chi connectivity index (χ2n) is 4.51. The highest BCUT2D eigenvalue weighted by atomic mass is 79.9. The first-order valence-electron chi connectivity index (χ1n) is 6.10. The van der Waals surface area contributed by atoms with E-state index in [4.69, 9.17) is 22.1 Å². The zero-order valence-electron chi connectivity index (χ0n) is 11.1. The molecule has 0 fully saturated rings. The Bertz CT molecular complexity index is 440. The monoisotopic (exact) mass is 409 g/mol. The molecule has 1 aromatic carbocycles. The van der Waals surface area contributed by atoms with Crippen LogP contribution in [0.5, 0.6) is 5.75 Å². The molecule has 0 spiro atoms. The molecule has 0 heterocycles. The summed E-state index contributed by atoms with van der Waals surface area (Å²) in [7, 11) is 0. The fraction of sp³-hybridized carbons (Fsp3) is 0.429. The van der Waals surface area contributed by atoms with Gasteiger partial charge >= 0.3 is 0 Å². The number of hydrogen-bond acceptors (Lipinski definition) is 2. The Hall–Kier alpha value is -0.0300. The van der Waals surface area contributed by atoms with Gasteiger partial charge in [-0.25, -0.2) is 0 Å². The fourth-order valence-electron chi connectivity index (χ4n) is 1.53. The lowest BCUT2D eigenvalue weighted by Gasteiger charge is -2.14. The predicted molar refractivity (Wildman–Crippen MR) is 88.9 cm³/mol. The second-order valence-corrected chi connectivity index (χ2v) is 6.43. The lowest BCUT2D eigenvalue weighted by atomic mass is 10.0. The summed E-state index contributed by atoms with van der Waals surface area (Å²) in [5.41, 5.74) is 9.66. The van der Waals surface area contributed by atoms with E-state index in [-0.39, 0.29) is 6.04 Å². The summed E-state index contributed by atoms with van der Waals surface area (Å²) in [6.07, 6.45) is 1.82. The predicted octanol–water partition coefficient (Wildman–Crippen LogP) is 5.01. The highest BCUT2D eigenvalue weighted by molar-refractivity contribution is 9.11. The highest BCUT2D eigenvalue weighted by Gasteiger charge is 2.11. The van der Waals surface area contributed by atoms with Gasteiger partial charge in [0.2, 0.25) is 0 Å². The molecule has 0 saturated carbocycles. The van der Waals surface area contributed by atoms with Gasteiger partial charge in [0.25, 0.3) is 0 Å². The molecule has 0 aliphatic heterocycles. The Labute approximate surface area is 136 Å². The van der Waals surface area contributed by atoms with Gasteiger partial charge in [-0.2, -0.15) is 0 Å². The van der Waals surface area contributed by atoms with Gasteiger partial charge in [-0.3, -0.25) is 0 Å². The van der Waals surface area contributed by atoms with E-state index in [9.17, 15) is 0 Å². The molecular formula is C14H18Br2ClNO. The van der Waals surface area contributed by atoms with E-state index in [1.807, 2.05) is 6.92 Å². The van der Waals surface area contributed by atoms with Crippen LogP contribution in [0.3, 0.4) is 0 Å². The van der Waals surface area contributed by atoms with E-state index in [2.05, 4.69) is 50.9 Å². The molecule has 0 aliphatic carbocycles. The van der Waals surface area contributed by atoms with E-state index in [0.717, 1.165) is 33.1 Å². The van der Waals surface area contributed by atoms with Crippen LogP contribution in [-0.2, 0) is 6.42 Å². The minimum Gasteiger partial charge on any atom is -0.487 e. The number of benzene rings is 1. The van der Waals surface area contributed by atoms with E-state index in [0.29, 0.717) is 6.61 Å². The van der Waals surface area contributed by atoms with Crippen molar-refractivity contribution in [3.05, 3.63) is 37.7 Å². The van der Waals surface area contributed by atoms with Crippen LogP contribution in [-0.4, -0.2) is 12.6 Å². The molecule has 106 valence electrons. The first kappa shape index (κ1) is 17.0. The lowest BCUT2D eigenvalue weighted by molar-refractivity contribution is 0.348. The molecule has 19 heavy (non-hydrogen) atoms. The minimum atomic E-state index is 0.187.